The monoisotopic (exact) mass is 401 g/mol. The summed E-state index contributed by atoms with van der Waals surface area (Å²) >= 11 is 0. The van der Waals surface area contributed by atoms with Crippen LogP contribution in [-0.2, 0) is 11.3 Å². The second kappa shape index (κ2) is 7.99. The molecule has 2 heterocycles. The lowest BCUT2D eigenvalue weighted by Crippen LogP contribution is -2.45. The lowest BCUT2D eigenvalue weighted by Gasteiger charge is -2.27. The molecule has 0 fully saturated rings. The van der Waals surface area contributed by atoms with Gasteiger partial charge in [-0.2, -0.15) is 0 Å². The van der Waals surface area contributed by atoms with Crippen molar-refractivity contribution in [2.24, 2.45) is 0 Å². The summed E-state index contributed by atoms with van der Waals surface area (Å²) in [6.07, 6.45) is 3.44. The highest BCUT2D eigenvalue weighted by molar-refractivity contribution is 6.11. The molecule has 30 heavy (non-hydrogen) atoms. The number of ether oxygens (including phenoxy) is 1. The molecule has 2 aromatic carbocycles. The number of fused-ring (bicyclic) bond motifs is 1. The summed E-state index contributed by atoms with van der Waals surface area (Å²) in [7, 11) is 3.32. The molecule has 0 spiro atoms. The van der Waals surface area contributed by atoms with Gasteiger partial charge in [-0.15, -0.1) is 0 Å². The van der Waals surface area contributed by atoms with Crippen molar-refractivity contribution >= 4 is 17.5 Å². The fourth-order valence-corrected chi connectivity index (χ4v) is 3.75. The van der Waals surface area contributed by atoms with Crippen LogP contribution in [0.5, 0.6) is 5.75 Å². The van der Waals surface area contributed by atoms with Crippen LogP contribution in [0.1, 0.15) is 22.8 Å². The van der Waals surface area contributed by atoms with E-state index in [2.05, 4.69) is 4.98 Å². The van der Waals surface area contributed by atoms with Gasteiger partial charge in [0.25, 0.3) is 5.91 Å². The smallest absolute Gasteiger partial charge is 0.256 e. The number of hydrogen-bond acceptors (Lipinski definition) is 4. The largest absolute Gasteiger partial charge is 0.497 e. The van der Waals surface area contributed by atoms with E-state index in [-0.39, 0.29) is 11.8 Å². The van der Waals surface area contributed by atoms with Crippen molar-refractivity contribution in [3.63, 3.8) is 0 Å². The first-order chi connectivity index (χ1) is 14.5. The summed E-state index contributed by atoms with van der Waals surface area (Å²) in [5.41, 5.74) is 3.93. The van der Waals surface area contributed by atoms with Crippen molar-refractivity contribution in [2.45, 2.75) is 19.5 Å². The highest BCUT2D eigenvalue weighted by Gasteiger charge is 2.35. The third-order valence-electron chi connectivity index (χ3n) is 5.51. The average molecular weight is 401 g/mol. The van der Waals surface area contributed by atoms with Gasteiger partial charge in [0.05, 0.1) is 18.4 Å². The summed E-state index contributed by atoms with van der Waals surface area (Å²) in [6.45, 7) is 2.09. The van der Waals surface area contributed by atoms with Crippen molar-refractivity contribution in [1.29, 1.82) is 0 Å². The van der Waals surface area contributed by atoms with E-state index in [4.69, 9.17) is 4.74 Å². The van der Waals surface area contributed by atoms with Crippen LogP contribution in [0.15, 0.2) is 67.0 Å². The standard InChI is InChI=1S/C24H23N3O3/c1-16-23(28)26(2)22-14-19(18-9-11-25-12-10-18)7-8-21(22)24(29)27(16)15-17-5-4-6-20(13-17)30-3/h4-14,16H,15H2,1-3H3/t16-/m1/s1. The minimum absolute atomic E-state index is 0.128. The summed E-state index contributed by atoms with van der Waals surface area (Å²) < 4.78 is 5.29. The molecule has 0 aliphatic carbocycles. The molecule has 6 heteroatoms. The van der Waals surface area contributed by atoms with Crippen molar-refractivity contribution < 1.29 is 14.3 Å². The number of likely N-dealkylation sites (N-methyl/N-ethyl adjacent to an activating group) is 1. The summed E-state index contributed by atoms with van der Waals surface area (Å²) in [5.74, 6) is 0.421. The van der Waals surface area contributed by atoms with Gasteiger partial charge in [-0.05, 0) is 60.0 Å². The number of carbonyl (C=O) groups excluding carboxylic acids is 2. The van der Waals surface area contributed by atoms with E-state index < -0.39 is 6.04 Å². The Bertz CT molecular complexity index is 1100. The van der Waals surface area contributed by atoms with Crippen LogP contribution in [0.3, 0.4) is 0 Å². The number of rotatable bonds is 4. The van der Waals surface area contributed by atoms with E-state index >= 15 is 0 Å². The van der Waals surface area contributed by atoms with E-state index in [9.17, 15) is 9.59 Å². The summed E-state index contributed by atoms with van der Waals surface area (Å²) in [6, 6.07) is 16.3. The molecule has 6 nitrogen and oxygen atoms in total. The number of hydrogen-bond donors (Lipinski definition) is 0. The quantitative estimate of drug-likeness (QED) is 0.668. The lowest BCUT2D eigenvalue weighted by atomic mass is 10.0. The molecule has 0 radical (unpaired) electrons. The molecular weight excluding hydrogens is 378 g/mol. The Hall–Kier alpha value is -3.67. The molecular formula is C24H23N3O3. The molecule has 4 rings (SSSR count). The molecule has 1 aliphatic heterocycles. The predicted octanol–water partition coefficient (Wildman–Crippen LogP) is 3.76. The van der Waals surface area contributed by atoms with E-state index in [1.54, 1.807) is 49.3 Å². The van der Waals surface area contributed by atoms with Crippen LogP contribution >= 0.6 is 0 Å². The van der Waals surface area contributed by atoms with Gasteiger partial charge in [0.1, 0.15) is 11.8 Å². The third kappa shape index (κ3) is 3.52. The van der Waals surface area contributed by atoms with Crippen LogP contribution in [-0.4, -0.2) is 41.9 Å². The van der Waals surface area contributed by atoms with Crippen LogP contribution in [0, 0.1) is 0 Å². The fourth-order valence-electron chi connectivity index (χ4n) is 3.75. The second-order valence-corrected chi connectivity index (χ2v) is 7.33. The van der Waals surface area contributed by atoms with Gasteiger partial charge >= 0.3 is 0 Å². The maximum Gasteiger partial charge on any atom is 0.256 e. The summed E-state index contributed by atoms with van der Waals surface area (Å²) in [4.78, 5) is 33.8. The maximum absolute atomic E-state index is 13.5. The van der Waals surface area contributed by atoms with Gasteiger partial charge in [0.2, 0.25) is 5.91 Å². The van der Waals surface area contributed by atoms with Gasteiger partial charge in [0, 0.05) is 26.0 Å². The van der Waals surface area contributed by atoms with Gasteiger partial charge in [-0.1, -0.05) is 18.2 Å². The van der Waals surface area contributed by atoms with Crippen LogP contribution in [0.25, 0.3) is 11.1 Å². The Morgan fingerprint density at radius 3 is 2.50 bits per heavy atom. The van der Waals surface area contributed by atoms with Crippen molar-refractivity contribution in [1.82, 2.24) is 9.88 Å². The average Bonchev–Trinajstić information content (AvgIpc) is 2.86. The Labute approximate surface area is 175 Å². The molecule has 152 valence electrons. The minimum atomic E-state index is -0.592. The Morgan fingerprint density at radius 1 is 1.00 bits per heavy atom. The molecule has 0 N–H and O–H groups in total. The van der Waals surface area contributed by atoms with E-state index in [0.29, 0.717) is 23.5 Å². The number of carbonyl (C=O) groups is 2. The van der Waals surface area contributed by atoms with Crippen LogP contribution in [0.4, 0.5) is 5.69 Å². The molecule has 1 aromatic heterocycles. The zero-order chi connectivity index (χ0) is 21.3. The third-order valence-corrected chi connectivity index (χ3v) is 5.51. The normalized spacial score (nSPS) is 16.3. The van der Waals surface area contributed by atoms with Crippen molar-refractivity contribution in [3.05, 3.63) is 78.1 Å². The number of benzene rings is 2. The zero-order valence-electron chi connectivity index (χ0n) is 17.2. The molecule has 2 amide bonds. The van der Waals surface area contributed by atoms with E-state index in [0.717, 1.165) is 16.7 Å². The first-order valence-corrected chi connectivity index (χ1v) is 9.75. The maximum atomic E-state index is 13.5. The van der Waals surface area contributed by atoms with Gasteiger partial charge < -0.3 is 14.5 Å². The topological polar surface area (TPSA) is 62.7 Å². The Morgan fingerprint density at radius 2 is 1.77 bits per heavy atom. The van der Waals surface area contributed by atoms with Gasteiger partial charge in [-0.3, -0.25) is 14.6 Å². The highest BCUT2D eigenvalue weighted by atomic mass is 16.5. The van der Waals surface area contributed by atoms with Crippen molar-refractivity contribution in [2.75, 3.05) is 19.1 Å². The molecule has 1 atom stereocenters. The van der Waals surface area contributed by atoms with E-state index in [1.165, 1.54) is 0 Å². The van der Waals surface area contributed by atoms with Gasteiger partial charge in [-0.25, -0.2) is 0 Å². The molecule has 0 saturated carbocycles. The SMILES string of the molecule is COc1cccc(CN2C(=O)c3ccc(-c4ccncc4)cc3N(C)C(=O)[C@H]2C)c1. The molecule has 1 aliphatic rings. The highest BCUT2D eigenvalue weighted by Crippen LogP contribution is 2.32. The summed E-state index contributed by atoms with van der Waals surface area (Å²) in [5, 5.41) is 0. The number of pyridine rings is 1. The van der Waals surface area contributed by atoms with Crippen LogP contribution < -0.4 is 9.64 Å². The number of aromatic nitrogens is 1. The van der Waals surface area contributed by atoms with E-state index in [1.807, 2.05) is 48.5 Å². The van der Waals surface area contributed by atoms with Crippen LogP contribution in [0.2, 0.25) is 0 Å². The minimum Gasteiger partial charge on any atom is -0.497 e. The fraction of sp³-hybridized carbons (Fsp3) is 0.208. The second-order valence-electron chi connectivity index (χ2n) is 7.33. The molecule has 0 unspecified atom stereocenters. The van der Waals surface area contributed by atoms with Crippen molar-refractivity contribution in [3.8, 4) is 16.9 Å². The Balaban J connectivity index is 1.74. The predicted molar refractivity (Wildman–Crippen MR) is 115 cm³/mol. The lowest BCUT2D eigenvalue weighted by molar-refractivity contribution is -0.122. The molecule has 0 saturated heterocycles. The number of nitrogens with zero attached hydrogens (tertiary/aromatic N) is 3. The first kappa shape index (κ1) is 19.6. The van der Waals surface area contributed by atoms with Gasteiger partial charge in [0.15, 0.2) is 0 Å². The molecule has 0 bridgehead atoms. The Kier molecular flexibility index (Phi) is 5.23. The number of amides is 2. The number of methoxy groups -OCH3 is 1. The first-order valence-electron chi connectivity index (χ1n) is 9.75. The molecule has 3 aromatic rings. The zero-order valence-corrected chi connectivity index (χ0v) is 17.2. The number of anilines is 1.